The van der Waals surface area contributed by atoms with Crippen LogP contribution in [0.4, 0.5) is 5.95 Å². The molecule has 0 unspecified atom stereocenters. The lowest BCUT2D eigenvalue weighted by Gasteiger charge is -2.07. The molecule has 8 nitrogen and oxygen atoms in total. The second kappa shape index (κ2) is 7.22. The minimum atomic E-state index is -0.375. The molecule has 0 fully saturated rings. The van der Waals surface area contributed by atoms with Crippen LogP contribution in [0.15, 0.2) is 40.1 Å². The maximum Gasteiger partial charge on any atom is 0.278 e. The molecular weight excluding hydrogens is 415 g/mol. The number of halogens is 3. The summed E-state index contributed by atoms with van der Waals surface area (Å²) in [7, 11) is 0. The average molecular weight is 426 g/mol. The van der Waals surface area contributed by atoms with Gasteiger partial charge >= 0.3 is 0 Å². The van der Waals surface area contributed by atoms with Crippen LogP contribution in [0.3, 0.4) is 0 Å². The van der Waals surface area contributed by atoms with Crippen LogP contribution >= 0.6 is 34.8 Å². The lowest BCUT2D eigenvalue weighted by Crippen LogP contribution is -2.16. The van der Waals surface area contributed by atoms with Crippen molar-refractivity contribution in [2.24, 2.45) is 0 Å². The molecule has 4 rings (SSSR count). The predicted molar refractivity (Wildman–Crippen MR) is 103 cm³/mol. The molecule has 4 aromatic rings. The van der Waals surface area contributed by atoms with Crippen molar-refractivity contribution in [2.75, 3.05) is 5.32 Å². The van der Waals surface area contributed by atoms with Gasteiger partial charge in [-0.15, -0.1) is 0 Å². The largest absolute Gasteiger partial charge is 0.451 e. The van der Waals surface area contributed by atoms with Gasteiger partial charge in [-0.2, -0.15) is 5.10 Å². The summed E-state index contributed by atoms with van der Waals surface area (Å²) in [5, 5.41) is 8.24. The van der Waals surface area contributed by atoms with Crippen LogP contribution in [0.25, 0.3) is 11.0 Å². The fourth-order valence-electron chi connectivity index (χ4n) is 2.56. The predicted octanol–water partition coefficient (Wildman–Crippen LogP) is 3.73. The first-order chi connectivity index (χ1) is 13.0. The number of oxazole rings is 1. The minimum Gasteiger partial charge on any atom is -0.451 e. The summed E-state index contributed by atoms with van der Waals surface area (Å²) < 4.78 is 6.36. The van der Waals surface area contributed by atoms with Crippen molar-refractivity contribution >= 4 is 51.8 Å². The molecule has 0 saturated carbocycles. The molecule has 0 aliphatic carbocycles. The fraction of sp³-hybridized carbons (Fsp3) is 0.125. The molecule has 0 radical (unpaired) electrons. The quantitative estimate of drug-likeness (QED) is 0.505. The van der Waals surface area contributed by atoms with E-state index in [2.05, 4.69) is 25.4 Å². The van der Waals surface area contributed by atoms with E-state index in [0.29, 0.717) is 27.8 Å². The Morgan fingerprint density at radius 2 is 2.07 bits per heavy atom. The second-order valence-corrected chi connectivity index (χ2v) is 6.81. The molecule has 0 atom stereocenters. The van der Waals surface area contributed by atoms with Crippen LogP contribution in [0.1, 0.15) is 11.3 Å². The van der Waals surface area contributed by atoms with Gasteiger partial charge in [0.25, 0.3) is 5.56 Å². The van der Waals surface area contributed by atoms with E-state index in [-0.39, 0.29) is 28.7 Å². The maximum atomic E-state index is 12.5. The molecule has 1 aromatic carbocycles. The maximum absolute atomic E-state index is 12.5. The van der Waals surface area contributed by atoms with E-state index in [1.165, 1.54) is 17.3 Å². The number of hydrogen-bond acceptors (Lipinski definition) is 6. The summed E-state index contributed by atoms with van der Waals surface area (Å²) in [6, 6.07) is 5.25. The zero-order chi connectivity index (χ0) is 19.0. The highest BCUT2D eigenvalue weighted by Gasteiger charge is 2.16. The number of nitrogens with zero attached hydrogens (tertiary/aromatic N) is 4. The van der Waals surface area contributed by atoms with Crippen LogP contribution in [0.5, 0.6) is 0 Å². The highest BCUT2D eigenvalue weighted by atomic mass is 35.5. The third-order valence-corrected chi connectivity index (χ3v) is 4.79. The Labute approximate surface area is 167 Å². The summed E-state index contributed by atoms with van der Waals surface area (Å²) in [5.74, 6) is 0.265. The highest BCUT2D eigenvalue weighted by molar-refractivity contribution is 6.42. The van der Waals surface area contributed by atoms with E-state index in [4.69, 9.17) is 39.2 Å². The third kappa shape index (κ3) is 3.64. The number of nitrogens with one attached hydrogen (secondary N) is 2. The van der Waals surface area contributed by atoms with E-state index in [1.807, 2.05) is 6.07 Å². The van der Waals surface area contributed by atoms with E-state index in [9.17, 15) is 4.79 Å². The Morgan fingerprint density at radius 1 is 1.22 bits per heavy atom. The van der Waals surface area contributed by atoms with Crippen molar-refractivity contribution in [3.05, 3.63) is 67.7 Å². The highest BCUT2D eigenvalue weighted by Crippen LogP contribution is 2.23. The molecule has 27 heavy (non-hydrogen) atoms. The molecule has 0 aliphatic heterocycles. The molecule has 3 heterocycles. The van der Waals surface area contributed by atoms with Crippen LogP contribution < -0.4 is 10.9 Å². The van der Waals surface area contributed by atoms with Gasteiger partial charge in [-0.1, -0.05) is 40.9 Å². The van der Waals surface area contributed by atoms with Crippen molar-refractivity contribution in [3.8, 4) is 0 Å². The molecular formula is C16H11Cl3N6O2. The van der Waals surface area contributed by atoms with Gasteiger partial charge in [0.05, 0.1) is 16.6 Å². The Kier molecular flexibility index (Phi) is 4.77. The van der Waals surface area contributed by atoms with Gasteiger partial charge in [-0.05, 0) is 17.7 Å². The zero-order valence-corrected chi connectivity index (χ0v) is 15.8. The third-order valence-electron chi connectivity index (χ3n) is 3.80. The Balaban J connectivity index is 1.62. The second-order valence-electron chi connectivity index (χ2n) is 5.64. The Bertz CT molecular complexity index is 1170. The van der Waals surface area contributed by atoms with E-state index >= 15 is 0 Å². The van der Waals surface area contributed by atoms with Crippen LogP contribution in [-0.4, -0.2) is 24.7 Å². The van der Waals surface area contributed by atoms with Crippen molar-refractivity contribution in [3.63, 3.8) is 0 Å². The van der Waals surface area contributed by atoms with Crippen LogP contribution in [0.2, 0.25) is 15.2 Å². The van der Waals surface area contributed by atoms with Crippen molar-refractivity contribution in [2.45, 2.75) is 13.1 Å². The molecule has 2 N–H and O–H groups in total. The number of rotatable bonds is 5. The number of fused-ring (bicyclic) bond motifs is 1. The van der Waals surface area contributed by atoms with Crippen LogP contribution in [0, 0.1) is 0 Å². The lowest BCUT2D eigenvalue weighted by molar-refractivity contribution is 0.554. The number of benzene rings is 1. The van der Waals surface area contributed by atoms with Crippen LogP contribution in [-0.2, 0) is 13.1 Å². The average Bonchev–Trinajstić information content (AvgIpc) is 3.25. The normalized spacial score (nSPS) is 11.2. The summed E-state index contributed by atoms with van der Waals surface area (Å²) in [6.45, 7) is 0.622. The Morgan fingerprint density at radius 3 is 2.81 bits per heavy atom. The van der Waals surface area contributed by atoms with Gasteiger partial charge in [0.2, 0.25) is 5.95 Å². The first kappa shape index (κ1) is 17.8. The first-order valence-electron chi connectivity index (χ1n) is 7.72. The minimum absolute atomic E-state index is 0.122. The molecule has 0 amide bonds. The Hall–Kier alpha value is -2.55. The topological polar surface area (TPSA) is 102 Å². The van der Waals surface area contributed by atoms with Gasteiger partial charge in [0.15, 0.2) is 17.1 Å². The summed E-state index contributed by atoms with van der Waals surface area (Å²) in [4.78, 5) is 23.6. The molecule has 11 heteroatoms. The van der Waals surface area contributed by atoms with Crippen molar-refractivity contribution in [1.29, 1.82) is 0 Å². The zero-order valence-electron chi connectivity index (χ0n) is 13.5. The summed E-state index contributed by atoms with van der Waals surface area (Å²) in [5.41, 5.74) is 1.65. The molecule has 138 valence electrons. The molecule has 3 aromatic heterocycles. The molecule has 0 saturated heterocycles. The van der Waals surface area contributed by atoms with E-state index in [1.54, 1.807) is 12.1 Å². The van der Waals surface area contributed by atoms with E-state index < -0.39 is 0 Å². The summed E-state index contributed by atoms with van der Waals surface area (Å²) >= 11 is 18.1. The van der Waals surface area contributed by atoms with Gasteiger partial charge in [0, 0.05) is 6.54 Å². The standard InChI is InChI=1S/C16H11Cl3N6O2/c17-10-2-1-8(3-11(10)18)4-20-16-22-12-13(15(26)23-16)25(24-14(12)19)5-9-6-27-7-21-9/h1-3,6-7H,4-5H2,(H2,20,22,23,26). The van der Waals surface area contributed by atoms with Gasteiger partial charge < -0.3 is 9.73 Å². The SMILES string of the molecule is O=c1[nH]c(NCc2ccc(Cl)c(Cl)c2)nc2c(Cl)nn(Cc3cocn3)c12. The molecule has 0 bridgehead atoms. The number of anilines is 1. The van der Waals surface area contributed by atoms with Crippen molar-refractivity contribution in [1.82, 2.24) is 24.7 Å². The monoisotopic (exact) mass is 424 g/mol. The number of hydrogen-bond donors (Lipinski definition) is 2. The molecule has 0 spiro atoms. The van der Waals surface area contributed by atoms with E-state index in [0.717, 1.165) is 5.56 Å². The smallest absolute Gasteiger partial charge is 0.278 e. The number of aromatic amines is 1. The number of H-pyrrole nitrogens is 1. The van der Waals surface area contributed by atoms with Gasteiger partial charge in [0.1, 0.15) is 17.5 Å². The van der Waals surface area contributed by atoms with Gasteiger partial charge in [-0.25, -0.2) is 14.6 Å². The number of aromatic nitrogens is 5. The lowest BCUT2D eigenvalue weighted by atomic mass is 10.2. The summed E-state index contributed by atoms with van der Waals surface area (Å²) in [6.07, 6.45) is 2.77. The van der Waals surface area contributed by atoms with Gasteiger partial charge in [-0.3, -0.25) is 9.78 Å². The van der Waals surface area contributed by atoms with Crippen molar-refractivity contribution < 1.29 is 4.42 Å². The molecule has 0 aliphatic rings. The first-order valence-corrected chi connectivity index (χ1v) is 8.86. The fourth-order valence-corrected chi connectivity index (χ4v) is 3.10.